The minimum atomic E-state index is 0.244. The summed E-state index contributed by atoms with van der Waals surface area (Å²) in [5.74, 6) is 2.43. The fourth-order valence-electron chi connectivity index (χ4n) is 1.98. The maximum atomic E-state index is 4.07. The molecule has 2 rings (SSSR count). The molecule has 1 aromatic carbocycles. The van der Waals surface area contributed by atoms with Crippen LogP contribution >= 0.6 is 11.8 Å². The number of thioether (sulfide) groups is 1. The van der Waals surface area contributed by atoms with Gasteiger partial charge in [-0.2, -0.15) is 16.9 Å². The number of hydrogen-bond donors (Lipinski definition) is 1. The molecule has 1 N–H and O–H groups in total. The summed E-state index contributed by atoms with van der Waals surface area (Å²) in [7, 11) is 0. The standard InChI is InChI=1S/C14H20N2S/c1-4-17-8-7-14(2,3)12-5-6-13-11(9-12)10-15-16-13/h5-6,9-10H,4,7-8H2,1-3H3,(H,15,16). The van der Waals surface area contributed by atoms with Gasteiger partial charge in [-0.05, 0) is 41.0 Å². The monoisotopic (exact) mass is 248 g/mol. The van der Waals surface area contributed by atoms with Gasteiger partial charge in [-0.1, -0.05) is 26.8 Å². The van der Waals surface area contributed by atoms with E-state index in [-0.39, 0.29) is 5.41 Å². The molecule has 0 atom stereocenters. The van der Waals surface area contributed by atoms with Crippen molar-refractivity contribution in [2.45, 2.75) is 32.6 Å². The number of nitrogens with zero attached hydrogens (tertiary/aromatic N) is 1. The second-order valence-electron chi connectivity index (χ2n) is 5.00. The van der Waals surface area contributed by atoms with Crippen LogP contribution in [0.25, 0.3) is 10.9 Å². The lowest BCUT2D eigenvalue weighted by Crippen LogP contribution is -2.18. The van der Waals surface area contributed by atoms with E-state index >= 15 is 0 Å². The second kappa shape index (κ2) is 5.13. The van der Waals surface area contributed by atoms with E-state index in [4.69, 9.17) is 0 Å². The van der Waals surface area contributed by atoms with Crippen LogP contribution in [0.15, 0.2) is 24.4 Å². The van der Waals surface area contributed by atoms with E-state index in [9.17, 15) is 0 Å². The molecular formula is C14H20N2S. The van der Waals surface area contributed by atoms with Gasteiger partial charge >= 0.3 is 0 Å². The number of aromatic amines is 1. The number of nitrogens with one attached hydrogen (secondary N) is 1. The summed E-state index contributed by atoms with van der Waals surface area (Å²) < 4.78 is 0. The predicted octanol–water partition coefficient (Wildman–Crippen LogP) is 3.98. The van der Waals surface area contributed by atoms with Crippen LogP contribution in [-0.4, -0.2) is 21.7 Å². The van der Waals surface area contributed by atoms with E-state index in [1.54, 1.807) is 0 Å². The van der Waals surface area contributed by atoms with Crippen molar-refractivity contribution >= 4 is 22.7 Å². The predicted molar refractivity (Wildman–Crippen MR) is 76.7 cm³/mol. The Bertz CT molecular complexity index is 488. The minimum Gasteiger partial charge on any atom is -0.278 e. The summed E-state index contributed by atoms with van der Waals surface area (Å²) in [6.07, 6.45) is 3.12. The zero-order valence-electron chi connectivity index (χ0n) is 10.8. The average Bonchev–Trinajstić information content (AvgIpc) is 2.76. The van der Waals surface area contributed by atoms with E-state index in [1.807, 2.05) is 18.0 Å². The Morgan fingerprint density at radius 3 is 2.94 bits per heavy atom. The molecule has 0 saturated carbocycles. The largest absolute Gasteiger partial charge is 0.278 e. The molecule has 0 aliphatic carbocycles. The Balaban J connectivity index is 2.18. The highest BCUT2D eigenvalue weighted by molar-refractivity contribution is 7.99. The first-order valence-electron chi connectivity index (χ1n) is 6.15. The van der Waals surface area contributed by atoms with Gasteiger partial charge in [0.25, 0.3) is 0 Å². The number of rotatable bonds is 5. The first kappa shape index (κ1) is 12.5. The van der Waals surface area contributed by atoms with Crippen LogP contribution < -0.4 is 0 Å². The molecule has 0 unspecified atom stereocenters. The van der Waals surface area contributed by atoms with Gasteiger partial charge in [-0.15, -0.1) is 0 Å². The molecule has 0 amide bonds. The molecule has 17 heavy (non-hydrogen) atoms. The van der Waals surface area contributed by atoms with Crippen molar-refractivity contribution in [3.63, 3.8) is 0 Å². The normalized spacial score (nSPS) is 12.2. The van der Waals surface area contributed by atoms with Crippen molar-refractivity contribution in [2.24, 2.45) is 0 Å². The summed E-state index contributed by atoms with van der Waals surface area (Å²) >= 11 is 2.02. The lowest BCUT2D eigenvalue weighted by atomic mass is 9.82. The van der Waals surface area contributed by atoms with E-state index in [1.165, 1.54) is 28.9 Å². The number of aromatic nitrogens is 2. The molecule has 0 aliphatic heterocycles. The van der Waals surface area contributed by atoms with E-state index < -0.39 is 0 Å². The molecular weight excluding hydrogens is 228 g/mol. The second-order valence-corrected chi connectivity index (χ2v) is 6.40. The number of hydrogen-bond acceptors (Lipinski definition) is 2. The molecule has 0 radical (unpaired) electrons. The van der Waals surface area contributed by atoms with Crippen LogP contribution in [0.5, 0.6) is 0 Å². The van der Waals surface area contributed by atoms with Crippen LogP contribution in [0.1, 0.15) is 32.8 Å². The highest BCUT2D eigenvalue weighted by Crippen LogP contribution is 2.30. The van der Waals surface area contributed by atoms with Crippen molar-refractivity contribution in [1.82, 2.24) is 10.2 Å². The third-order valence-electron chi connectivity index (χ3n) is 3.30. The van der Waals surface area contributed by atoms with E-state index in [2.05, 4.69) is 49.2 Å². The molecule has 0 fully saturated rings. The van der Waals surface area contributed by atoms with Crippen LogP contribution in [0.2, 0.25) is 0 Å². The number of H-pyrrole nitrogens is 1. The molecule has 0 spiro atoms. The maximum Gasteiger partial charge on any atom is 0.0650 e. The zero-order valence-corrected chi connectivity index (χ0v) is 11.6. The topological polar surface area (TPSA) is 28.7 Å². The molecule has 2 nitrogen and oxygen atoms in total. The fraction of sp³-hybridized carbons (Fsp3) is 0.500. The highest BCUT2D eigenvalue weighted by Gasteiger charge is 2.20. The Hall–Kier alpha value is -0.960. The lowest BCUT2D eigenvalue weighted by Gasteiger charge is -2.25. The van der Waals surface area contributed by atoms with Gasteiger partial charge in [0.1, 0.15) is 0 Å². The van der Waals surface area contributed by atoms with Gasteiger partial charge in [0, 0.05) is 5.39 Å². The Kier molecular flexibility index (Phi) is 3.77. The summed E-state index contributed by atoms with van der Waals surface area (Å²) in [5, 5.41) is 8.27. The SMILES string of the molecule is CCSCCC(C)(C)c1ccc2[nH]ncc2c1. The third kappa shape index (κ3) is 2.83. The van der Waals surface area contributed by atoms with E-state index in [0.717, 1.165) is 5.52 Å². The quantitative estimate of drug-likeness (QED) is 0.811. The minimum absolute atomic E-state index is 0.244. The zero-order chi connectivity index (χ0) is 12.3. The summed E-state index contributed by atoms with van der Waals surface area (Å²) in [5.41, 5.74) is 2.77. The summed E-state index contributed by atoms with van der Waals surface area (Å²) in [4.78, 5) is 0. The number of benzene rings is 1. The molecule has 0 saturated heterocycles. The van der Waals surface area contributed by atoms with Crippen molar-refractivity contribution < 1.29 is 0 Å². The molecule has 1 heterocycles. The summed E-state index contributed by atoms with van der Waals surface area (Å²) in [6, 6.07) is 6.61. The molecule has 2 aromatic rings. The Morgan fingerprint density at radius 2 is 2.18 bits per heavy atom. The van der Waals surface area contributed by atoms with Crippen molar-refractivity contribution in [3.8, 4) is 0 Å². The first-order valence-corrected chi connectivity index (χ1v) is 7.30. The Morgan fingerprint density at radius 1 is 1.35 bits per heavy atom. The molecule has 3 heteroatoms. The summed E-state index contributed by atoms with van der Waals surface area (Å²) in [6.45, 7) is 6.87. The van der Waals surface area contributed by atoms with Crippen LogP contribution in [0.4, 0.5) is 0 Å². The highest BCUT2D eigenvalue weighted by atomic mass is 32.2. The average molecular weight is 248 g/mol. The van der Waals surface area contributed by atoms with Crippen LogP contribution in [0, 0.1) is 0 Å². The van der Waals surface area contributed by atoms with Crippen molar-refractivity contribution in [2.75, 3.05) is 11.5 Å². The molecule has 92 valence electrons. The molecule has 0 bridgehead atoms. The Labute approximate surface area is 107 Å². The fourth-order valence-corrected chi connectivity index (χ4v) is 2.92. The lowest BCUT2D eigenvalue weighted by molar-refractivity contribution is 0.511. The van der Waals surface area contributed by atoms with Gasteiger partial charge < -0.3 is 0 Å². The molecule has 0 aliphatic rings. The van der Waals surface area contributed by atoms with Crippen LogP contribution in [0.3, 0.4) is 0 Å². The smallest absolute Gasteiger partial charge is 0.0650 e. The third-order valence-corrected chi connectivity index (χ3v) is 4.20. The first-order chi connectivity index (χ1) is 8.13. The van der Waals surface area contributed by atoms with Crippen LogP contribution in [-0.2, 0) is 5.41 Å². The van der Waals surface area contributed by atoms with Gasteiger partial charge in [0.05, 0.1) is 11.7 Å². The van der Waals surface area contributed by atoms with Gasteiger partial charge in [-0.25, -0.2) is 0 Å². The van der Waals surface area contributed by atoms with Gasteiger partial charge in [0.15, 0.2) is 0 Å². The van der Waals surface area contributed by atoms with E-state index in [0.29, 0.717) is 0 Å². The van der Waals surface area contributed by atoms with Crippen molar-refractivity contribution in [3.05, 3.63) is 30.0 Å². The van der Waals surface area contributed by atoms with Crippen molar-refractivity contribution in [1.29, 1.82) is 0 Å². The molecule has 1 aromatic heterocycles. The van der Waals surface area contributed by atoms with Gasteiger partial charge in [0.2, 0.25) is 0 Å². The maximum absolute atomic E-state index is 4.07. The number of fused-ring (bicyclic) bond motifs is 1. The van der Waals surface area contributed by atoms with Gasteiger partial charge in [-0.3, -0.25) is 5.10 Å².